The van der Waals surface area contributed by atoms with Crippen LogP contribution in [-0.4, -0.2) is 20.4 Å². The van der Waals surface area contributed by atoms with Crippen LogP contribution in [0, 0.1) is 0 Å². The zero-order chi connectivity index (χ0) is 14.4. The summed E-state index contributed by atoms with van der Waals surface area (Å²) in [6.45, 7) is 2.19. The maximum Gasteiger partial charge on any atom is 0.260 e. The van der Waals surface area contributed by atoms with Crippen molar-refractivity contribution in [1.82, 2.24) is 14.5 Å². The highest BCUT2D eigenvalue weighted by atomic mass is 16.5. The number of rotatable bonds is 2. The summed E-state index contributed by atoms with van der Waals surface area (Å²) < 4.78 is 6.75. The summed E-state index contributed by atoms with van der Waals surface area (Å²) in [4.78, 5) is 16.8. The van der Waals surface area contributed by atoms with E-state index >= 15 is 0 Å². The lowest BCUT2D eigenvalue weighted by Crippen LogP contribution is -2.15. The number of fused-ring (bicyclic) bond motifs is 3. The van der Waals surface area contributed by atoms with Gasteiger partial charge in [-0.1, -0.05) is 12.1 Å². The molecule has 0 aromatic carbocycles. The third-order valence-electron chi connectivity index (χ3n) is 4.07. The maximum absolute atomic E-state index is 12.5. The van der Waals surface area contributed by atoms with Crippen LogP contribution in [0.25, 0.3) is 5.65 Å². The number of nitrogens with zero attached hydrogens (tertiary/aromatic N) is 3. The van der Waals surface area contributed by atoms with E-state index < -0.39 is 0 Å². The monoisotopic (exact) mass is 282 g/mol. The van der Waals surface area contributed by atoms with Gasteiger partial charge in [-0.15, -0.1) is 0 Å². The van der Waals surface area contributed by atoms with E-state index in [-0.39, 0.29) is 5.91 Å². The van der Waals surface area contributed by atoms with Gasteiger partial charge >= 0.3 is 0 Å². The average molecular weight is 282 g/mol. The minimum absolute atomic E-state index is 0.220. The number of hydrogen-bond acceptors (Lipinski definition) is 4. The average Bonchev–Trinajstić information content (AvgIpc) is 3.18. The third-order valence-corrected chi connectivity index (χ3v) is 4.07. The zero-order valence-electron chi connectivity index (χ0n) is 11.5. The van der Waals surface area contributed by atoms with Gasteiger partial charge in [-0.2, -0.15) is 0 Å². The van der Waals surface area contributed by atoms with Crippen molar-refractivity contribution < 1.29 is 9.32 Å². The number of anilines is 1. The number of aryl methyl sites for hydroxylation is 1. The predicted molar refractivity (Wildman–Crippen MR) is 76.4 cm³/mol. The van der Waals surface area contributed by atoms with Crippen molar-refractivity contribution in [3.05, 3.63) is 47.6 Å². The van der Waals surface area contributed by atoms with Crippen LogP contribution >= 0.6 is 0 Å². The topological polar surface area (TPSA) is 72.4 Å². The summed E-state index contributed by atoms with van der Waals surface area (Å²) in [5.41, 5.74) is 3.73. The Bertz CT molecular complexity index is 820. The zero-order valence-corrected chi connectivity index (χ0v) is 11.5. The molecule has 1 amide bonds. The molecule has 1 aliphatic rings. The van der Waals surface area contributed by atoms with Crippen molar-refractivity contribution in [3.8, 4) is 0 Å². The smallest absolute Gasteiger partial charge is 0.260 e. The Hall–Kier alpha value is -2.63. The van der Waals surface area contributed by atoms with Gasteiger partial charge in [0.1, 0.15) is 11.9 Å². The number of imidazole rings is 1. The Morgan fingerprint density at radius 3 is 3.24 bits per heavy atom. The minimum atomic E-state index is -0.220. The molecule has 21 heavy (non-hydrogen) atoms. The molecule has 3 heterocycles. The maximum atomic E-state index is 12.5. The first-order valence-electron chi connectivity index (χ1n) is 6.94. The highest BCUT2D eigenvalue weighted by Gasteiger charge is 2.25. The first-order valence-corrected chi connectivity index (χ1v) is 6.94. The lowest BCUT2D eigenvalue weighted by molar-refractivity contribution is 0.102. The summed E-state index contributed by atoms with van der Waals surface area (Å²) in [5, 5.41) is 6.43. The Morgan fingerprint density at radius 1 is 1.52 bits per heavy atom. The molecule has 6 nitrogen and oxygen atoms in total. The molecule has 1 aliphatic carbocycles. The number of carbonyl (C=O) groups excluding carboxylic acids is 1. The van der Waals surface area contributed by atoms with Crippen molar-refractivity contribution in [2.45, 2.75) is 25.7 Å². The van der Waals surface area contributed by atoms with E-state index in [0.29, 0.717) is 22.9 Å². The Kier molecular flexibility index (Phi) is 2.57. The Labute approximate surface area is 120 Å². The summed E-state index contributed by atoms with van der Waals surface area (Å²) in [5.74, 6) is 0.644. The van der Waals surface area contributed by atoms with E-state index in [1.807, 2.05) is 16.7 Å². The SMILES string of the molecule is C[C@H]1CCc2c1cc(C(=O)Nc1ccon1)c1nccn21. The molecule has 0 unspecified atom stereocenters. The molecule has 1 N–H and O–H groups in total. The van der Waals surface area contributed by atoms with E-state index in [0.717, 1.165) is 12.8 Å². The van der Waals surface area contributed by atoms with E-state index in [9.17, 15) is 4.79 Å². The van der Waals surface area contributed by atoms with Gasteiger partial charge in [-0.05, 0) is 30.4 Å². The number of amides is 1. The molecular weight excluding hydrogens is 268 g/mol. The minimum Gasteiger partial charge on any atom is -0.363 e. The third kappa shape index (κ3) is 1.83. The van der Waals surface area contributed by atoms with Crippen LogP contribution in [0.15, 0.2) is 35.3 Å². The van der Waals surface area contributed by atoms with Crippen LogP contribution in [0.3, 0.4) is 0 Å². The number of aromatic nitrogens is 3. The fraction of sp³-hybridized carbons (Fsp3) is 0.267. The Balaban J connectivity index is 1.83. The summed E-state index contributed by atoms with van der Waals surface area (Å²) in [7, 11) is 0. The fourth-order valence-electron chi connectivity index (χ4n) is 2.99. The lowest BCUT2D eigenvalue weighted by Gasteiger charge is -2.11. The summed E-state index contributed by atoms with van der Waals surface area (Å²) in [6.07, 6.45) is 7.20. The molecule has 1 atom stereocenters. The normalized spacial score (nSPS) is 17.1. The van der Waals surface area contributed by atoms with Gasteiger partial charge < -0.3 is 14.2 Å². The Morgan fingerprint density at radius 2 is 2.43 bits per heavy atom. The van der Waals surface area contributed by atoms with Crippen molar-refractivity contribution in [1.29, 1.82) is 0 Å². The number of carbonyl (C=O) groups is 1. The summed E-state index contributed by atoms with van der Waals surface area (Å²) >= 11 is 0. The standard InChI is InChI=1S/C15H14N4O2/c1-9-2-3-12-10(9)8-11(14-16-5-6-19(12)14)15(20)17-13-4-7-21-18-13/h4-9H,2-3H2,1H3,(H,17,18,20)/t9-/m0/s1. The molecular formula is C15H14N4O2. The molecule has 3 aromatic heterocycles. The first-order chi connectivity index (χ1) is 10.2. The van der Waals surface area contributed by atoms with Gasteiger partial charge in [0, 0.05) is 24.2 Å². The second-order valence-electron chi connectivity index (χ2n) is 5.36. The van der Waals surface area contributed by atoms with Crippen LogP contribution < -0.4 is 5.32 Å². The fourth-order valence-corrected chi connectivity index (χ4v) is 2.99. The van der Waals surface area contributed by atoms with E-state index in [2.05, 4.69) is 22.4 Å². The van der Waals surface area contributed by atoms with Gasteiger partial charge in [0.25, 0.3) is 5.91 Å². The molecule has 4 rings (SSSR count). The van der Waals surface area contributed by atoms with E-state index in [4.69, 9.17) is 4.52 Å². The van der Waals surface area contributed by atoms with Gasteiger partial charge in [-0.3, -0.25) is 4.79 Å². The molecule has 3 aromatic rings. The summed E-state index contributed by atoms with van der Waals surface area (Å²) in [6, 6.07) is 3.57. The molecule has 106 valence electrons. The van der Waals surface area contributed by atoms with Crippen LogP contribution in [0.4, 0.5) is 5.82 Å². The molecule has 6 heteroatoms. The quantitative estimate of drug-likeness (QED) is 0.784. The van der Waals surface area contributed by atoms with Crippen molar-refractivity contribution in [2.24, 2.45) is 0 Å². The largest absolute Gasteiger partial charge is 0.363 e. The lowest BCUT2D eigenvalue weighted by atomic mass is 10.0. The van der Waals surface area contributed by atoms with Crippen molar-refractivity contribution in [3.63, 3.8) is 0 Å². The molecule has 0 radical (unpaired) electrons. The molecule has 0 bridgehead atoms. The van der Waals surface area contributed by atoms with E-state index in [1.54, 1.807) is 12.3 Å². The van der Waals surface area contributed by atoms with Crippen molar-refractivity contribution in [2.75, 3.05) is 5.32 Å². The highest BCUT2D eigenvalue weighted by Crippen LogP contribution is 2.34. The van der Waals surface area contributed by atoms with Crippen LogP contribution in [-0.2, 0) is 6.42 Å². The molecule has 0 aliphatic heterocycles. The van der Waals surface area contributed by atoms with Crippen LogP contribution in [0.1, 0.15) is 40.9 Å². The van der Waals surface area contributed by atoms with Gasteiger partial charge in [0.2, 0.25) is 0 Å². The predicted octanol–water partition coefficient (Wildman–Crippen LogP) is 2.62. The number of nitrogens with one attached hydrogen (secondary N) is 1. The van der Waals surface area contributed by atoms with Gasteiger partial charge in [-0.25, -0.2) is 4.98 Å². The van der Waals surface area contributed by atoms with Crippen molar-refractivity contribution >= 4 is 17.4 Å². The molecule has 0 spiro atoms. The molecule has 0 fully saturated rings. The molecule has 0 saturated heterocycles. The second kappa shape index (κ2) is 4.44. The van der Waals surface area contributed by atoms with Gasteiger partial charge in [0.05, 0.1) is 5.56 Å². The van der Waals surface area contributed by atoms with Crippen LogP contribution in [0.5, 0.6) is 0 Å². The van der Waals surface area contributed by atoms with Crippen LogP contribution in [0.2, 0.25) is 0 Å². The molecule has 0 saturated carbocycles. The second-order valence-corrected chi connectivity index (χ2v) is 5.36. The number of hydrogen-bond donors (Lipinski definition) is 1. The number of pyridine rings is 1. The first kappa shape index (κ1) is 12.1. The van der Waals surface area contributed by atoms with E-state index in [1.165, 1.54) is 17.5 Å². The highest BCUT2D eigenvalue weighted by molar-refractivity contribution is 6.08. The van der Waals surface area contributed by atoms with Gasteiger partial charge in [0.15, 0.2) is 5.82 Å².